The molecule has 2 aliphatic rings. The molecule has 5 rings (SSSR count). The molecule has 0 radical (unpaired) electrons. The first-order chi connectivity index (χ1) is 15.6. The second kappa shape index (κ2) is 8.92. The number of likely N-dealkylation sites (N-methyl/N-ethyl adjacent to an activating group) is 1. The van der Waals surface area contributed by atoms with Crippen molar-refractivity contribution in [3.05, 3.63) is 64.8 Å². The fourth-order valence-electron chi connectivity index (χ4n) is 4.60. The Hall–Kier alpha value is -2.90. The monoisotopic (exact) mass is 437 g/mol. The van der Waals surface area contributed by atoms with Crippen LogP contribution in [0.1, 0.15) is 19.3 Å². The molecule has 2 atom stereocenters. The van der Waals surface area contributed by atoms with E-state index in [0.29, 0.717) is 35.2 Å². The van der Waals surface area contributed by atoms with Gasteiger partial charge in [-0.15, -0.1) is 0 Å². The van der Waals surface area contributed by atoms with Crippen molar-refractivity contribution in [3.8, 4) is 11.4 Å². The minimum absolute atomic E-state index is 0.140. The summed E-state index contributed by atoms with van der Waals surface area (Å²) in [6.45, 7) is 2.90. The zero-order valence-electron chi connectivity index (χ0n) is 18.2. The number of benzene rings is 2. The van der Waals surface area contributed by atoms with Crippen LogP contribution in [0.5, 0.6) is 5.75 Å². The molecule has 1 N–H and O–H groups in total. The van der Waals surface area contributed by atoms with Gasteiger partial charge in [0.05, 0.1) is 17.5 Å². The van der Waals surface area contributed by atoms with Crippen LogP contribution in [0.25, 0.3) is 16.5 Å². The van der Waals surface area contributed by atoms with Crippen LogP contribution in [-0.4, -0.2) is 50.1 Å². The summed E-state index contributed by atoms with van der Waals surface area (Å²) in [4.78, 5) is 15.1. The second-order valence-electron chi connectivity index (χ2n) is 8.54. The standard InChI is InChI=1S/C25H28FN3O3/c1-27-18-9-10-28(15-18)24-7-4-19(14-23(24)26)29-11-8-17-13-20(5-6-22(17)25(29)30)32-16-21-3-2-12-31-21/h4-8,11,13-14,18,21,27H,2-3,9-10,12,15-16H2,1H3/t18-,21+/m1/s1. The zero-order chi connectivity index (χ0) is 22.1. The van der Waals surface area contributed by atoms with Crippen LogP contribution < -0.4 is 20.5 Å². The first-order valence-electron chi connectivity index (χ1n) is 11.2. The maximum absolute atomic E-state index is 14.9. The van der Waals surface area contributed by atoms with Crippen LogP contribution in [0, 0.1) is 5.82 Å². The molecular weight excluding hydrogens is 409 g/mol. The van der Waals surface area contributed by atoms with E-state index in [1.54, 1.807) is 30.5 Å². The number of halogens is 1. The summed E-state index contributed by atoms with van der Waals surface area (Å²) < 4.78 is 27.9. The lowest BCUT2D eigenvalue weighted by Gasteiger charge is -2.20. The van der Waals surface area contributed by atoms with Crippen molar-refractivity contribution >= 4 is 16.5 Å². The molecule has 7 heteroatoms. The Morgan fingerprint density at radius 2 is 2.09 bits per heavy atom. The average Bonchev–Trinajstić information content (AvgIpc) is 3.50. The number of nitrogens with zero attached hydrogens (tertiary/aromatic N) is 2. The van der Waals surface area contributed by atoms with Crippen LogP contribution in [0.3, 0.4) is 0 Å². The molecule has 3 heterocycles. The van der Waals surface area contributed by atoms with Crippen molar-refractivity contribution < 1.29 is 13.9 Å². The highest BCUT2D eigenvalue weighted by atomic mass is 19.1. The van der Waals surface area contributed by atoms with Crippen LogP contribution in [0.4, 0.5) is 10.1 Å². The molecule has 0 aliphatic carbocycles. The Morgan fingerprint density at radius 1 is 1.19 bits per heavy atom. The molecule has 2 aliphatic heterocycles. The Labute approximate surface area is 186 Å². The number of aromatic nitrogens is 1. The molecule has 2 aromatic carbocycles. The third-order valence-corrected chi connectivity index (χ3v) is 6.48. The van der Waals surface area contributed by atoms with E-state index in [2.05, 4.69) is 5.32 Å². The van der Waals surface area contributed by atoms with E-state index in [1.807, 2.05) is 24.1 Å². The van der Waals surface area contributed by atoms with Crippen molar-refractivity contribution in [2.45, 2.75) is 31.4 Å². The van der Waals surface area contributed by atoms with Crippen molar-refractivity contribution in [3.63, 3.8) is 0 Å². The minimum atomic E-state index is -0.316. The van der Waals surface area contributed by atoms with Crippen molar-refractivity contribution in [2.75, 3.05) is 38.3 Å². The molecule has 2 fully saturated rings. The summed E-state index contributed by atoms with van der Waals surface area (Å²) in [5, 5.41) is 4.61. The van der Waals surface area contributed by atoms with Crippen LogP contribution >= 0.6 is 0 Å². The molecule has 1 aromatic heterocycles. The molecule has 32 heavy (non-hydrogen) atoms. The Bertz CT molecular complexity index is 1170. The van der Waals surface area contributed by atoms with Gasteiger partial charge < -0.3 is 19.7 Å². The van der Waals surface area contributed by atoms with Gasteiger partial charge in [-0.2, -0.15) is 0 Å². The van der Waals surface area contributed by atoms with Gasteiger partial charge in [-0.25, -0.2) is 4.39 Å². The largest absolute Gasteiger partial charge is 0.491 e. The first-order valence-corrected chi connectivity index (χ1v) is 11.2. The molecule has 0 unspecified atom stereocenters. The molecule has 168 valence electrons. The fraction of sp³-hybridized carbons (Fsp3) is 0.400. The Kier molecular flexibility index (Phi) is 5.85. The zero-order valence-corrected chi connectivity index (χ0v) is 18.2. The number of hydrogen-bond donors (Lipinski definition) is 1. The summed E-state index contributed by atoms with van der Waals surface area (Å²) in [5.41, 5.74) is 0.909. The smallest absolute Gasteiger partial charge is 0.262 e. The number of rotatable bonds is 6. The van der Waals surface area contributed by atoms with Crippen LogP contribution in [-0.2, 0) is 4.74 Å². The van der Waals surface area contributed by atoms with Gasteiger partial charge in [-0.05, 0) is 68.1 Å². The lowest BCUT2D eigenvalue weighted by atomic mass is 10.1. The number of hydrogen-bond acceptors (Lipinski definition) is 5. The van der Waals surface area contributed by atoms with E-state index in [0.717, 1.165) is 44.3 Å². The first kappa shape index (κ1) is 21.0. The van der Waals surface area contributed by atoms with Crippen LogP contribution in [0.2, 0.25) is 0 Å². The van der Waals surface area contributed by atoms with Crippen molar-refractivity contribution in [2.24, 2.45) is 0 Å². The summed E-state index contributed by atoms with van der Waals surface area (Å²) >= 11 is 0. The number of anilines is 1. The molecule has 6 nitrogen and oxygen atoms in total. The normalized spacial score (nSPS) is 20.9. The van der Waals surface area contributed by atoms with E-state index in [4.69, 9.17) is 9.47 Å². The lowest BCUT2D eigenvalue weighted by Crippen LogP contribution is -2.29. The van der Waals surface area contributed by atoms with Gasteiger partial charge in [-0.3, -0.25) is 9.36 Å². The summed E-state index contributed by atoms with van der Waals surface area (Å²) in [6, 6.07) is 12.7. The molecule has 3 aromatic rings. The fourth-order valence-corrected chi connectivity index (χ4v) is 4.60. The quantitative estimate of drug-likeness (QED) is 0.640. The van der Waals surface area contributed by atoms with E-state index in [-0.39, 0.29) is 17.5 Å². The Morgan fingerprint density at radius 3 is 2.84 bits per heavy atom. The van der Waals surface area contributed by atoms with Gasteiger partial charge in [-0.1, -0.05) is 0 Å². The van der Waals surface area contributed by atoms with Gasteiger partial charge >= 0.3 is 0 Å². The SMILES string of the molecule is CN[C@@H]1CCN(c2ccc(-n3ccc4cc(OC[C@@H]5CCCO5)ccc4c3=O)cc2F)C1. The molecule has 0 saturated carbocycles. The predicted octanol–water partition coefficient (Wildman–Crippen LogP) is 3.49. The Balaban J connectivity index is 1.38. The van der Waals surface area contributed by atoms with E-state index in [9.17, 15) is 9.18 Å². The van der Waals surface area contributed by atoms with Gasteiger partial charge in [0.2, 0.25) is 0 Å². The predicted molar refractivity (Wildman–Crippen MR) is 124 cm³/mol. The number of ether oxygens (including phenoxy) is 2. The molecule has 0 bridgehead atoms. The van der Waals surface area contributed by atoms with Gasteiger partial charge in [0.25, 0.3) is 5.56 Å². The molecule has 0 amide bonds. The number of fused-ring (bicyclic) bond motifs is 1. The molecular formula is C25H28FN3O3. The van der Waals surface area contributed by atoms with Crippen molar-refractivity contribution in [1.82, 2.24) is 9.88 Å². The summed E-state index contributed by atoms with van der Waals surface area (Å²) in [7, 11) is 1.93. The second-order valence-corrected chi connectivity index (χ2v) is 8.54. The van der Waals surface area contributed by atoms with E-state index in [1.165, 1.54) is 10.6 Å². The van der Waals surface area contributed by atoms with Gasteiger partial charge in [0.15, 0.2) is 0 Å². The van der Waals surface area contributed by atoms with Crippen molar-refractivity contribution in [1.29, 1.82) is 0 Å². The van der Waals surface area contributed by atoms with Crippen LogP contribution in [0.15, 0.2) is 53.5 Å². The highest BCUT2D eigenvalue weighted by molar-refractivity contribution is 5.83. The van der Waals surface area contributed by atoms with E-state index >= 15 is 0 Å². The van der Waals surface area contributed by atoms with E-state index < -0.39 is 0 Å². The number of pyridine rings is 1. The third-order valence-electron chi connectivity index (χ3n) is 6.48. The maximum atomic E-state index is 14.9. The minimum Gasteiger partial charge on any atom is -0.491 e. The topological polar surface area (TPSA) is 55.7 Å². The lowest BCUT2D eigenvalue weighted by molar-refractivity contribution is 0.0680. The third kappa shape index (κ3) is 4.10. The molecule has 0 spiro atoms. The molecule has 2 saturated heterocycles. The highest BCUT2D eigenvalue weighted by Gasteiger charge is 2.23. The van der Waals surface area contributed by atoms with Gasteiger partial charge in [0, 0.05) is 43.4 Å². The summed E-state index contributed by atoms with van der Waals surface area (Å²) in [6.07, 6.45) is 4.90. The highest BCUT2D eigenvalue weighted by Crippen LogP contribution is 2.26. The average molecular weight is 438 g/mol. The number of nitrogens with one attached hydrogen (secondary N) is 1. The van der Waals surface area contributed by atoms with Gasteiger partial charge in [0.1, 0.15) is 18.2 Å². The summed E-state index contributed by atoms with van der Waals surface area (Å²) in [5.74, 6) is 0.398. The maximum Gasteiger partial charge on any atom is 0.262 e.